The van der Waals surface area contributed by atoms with Gasteiger partial charge in [0.05, 0.1) is 17.3 Å². The van der Waals surface area contributed by atoms with Gasteiger partial charge in [-0.2, -0.15) is 5.10 Å². The maximum atomic E-state index is 12.6. The molecule has 8 heteroatoms. The summed E-state index contributed by atoms with van der Waals surface area (Å²) in [5, 5.41) is 14.7. The average molecular weight is 427 g/mol. The molecular formula is C24H21N5O3. The Hall–Kier alpha value is -4.20. The third-order valence-corrected chi connectivity index (χ3v) is 5.38. The molecule has 0 aliphatic carbocycles. The second-order valence-corrected chi connectivity index (χ2v) is 7.62. The normalized spacial score (nSPS) is 13.3. The fourth-order valence-electron chi connectivity index (χ4n) is 3.76. The summed E-state index contributed by atoms with van der Waals surface area (Å²) >= 11 is 0. The van der Waals surface area contributed by atoms with E-state index >= 15 is 0 Å². The molecule has 32 heavy (non-hydrogen) atoms. The second kappa shape index (κ2) is 8.50. The first-order chi connectivity index (χ1) is 15.7. The molecule has 1 saturated heterocycles. The van der Waals surface area contributed by atoms with Crippen molar-refractivity contribution in [2.75, 3.05) is 28.6 Å². The van der Waals surface area contributed by atoms with E-state index in [9.17, 15) is 9.59 Å². The van der Waals surface area contributed by atoms with E-state index < -0.39 is 5.91 Å². The Balaban J connectivity index is 1.27. The summed E-state index contributed by atoms with van der Waals surface area (Å²) in [4.78, 5) is 27.1. The molecule has 1 fully saturated rings. The lowest BCUT2D eigenvalue weighted by molar-refractivity contribution is 0.0997. The molecule has 0 spiro atoms. The van der Waals surface area contributed by atoms with E-state index in [1.807, 2.05) is 18.2 Å². The molecule has 2 aromatic heterocycles. The average Bonchev–Trinajstić information content (AvgIpc) is 3.36. The van der Waals surface area contributed by atoms with Crippen LogP contribution in [0.25, 0.3) is 11.0 Å². The first-order valence-corrected chi connectivity index (χ1v) is 10.4. The molecule has 2 N–H and O–H groups in total. The minimum Gasteiger partial charge on any atom is -0.451 e. The summed E-state index contributed by atoms with van der Waals surface area (Å²) < 4.78 is 5.59. The molecule has 1 amide bonds. The molecular weight excluding hydrogens is 406 g/mol. The Morgan fingerprint density at radius 3 is 2.53 bits per heavy atom. The maximum Gasteiger partial charge on any atom is 0.291 e. The number of hydrogen-bond donors (Lipinski definition) is 2. The molecule has 0 radical (unpaired) electrons. The van der Waals surface area contributed by atoms with Gasteiger partial charge in [0.2, 0.25) is 0 Å². The van der Waals surface area contributed by atoms with Crippen LogP contribution in [-0.4, -0.2) is 29.2 Å². The highest BCUT2D eigenvalue weighted by Crippen LogP contribution is 2.23. The Kier molecular flexibility index (Phi) is 5.25. The molecule has 160 valence electrons. The summed E-state index contributed by atoms with van der Waals surface area (Å²) in [6, 6.07) is 17.2. The standard InChI is InChI=1S/C24H21N5O3/c30-20-14-22(32-21-6-2-1-5-19(20)21)24(31)27-17-9-7-16(8-10-17)26-23-13-18(15-25-28-23)29-11-3-4-12-29/h1-2,5-10,13-15H,3-4,11-12H2,(H,26,28)(H,27,31). The SMILES string of the molecule is O=C(Nc1ccc(Nc2cc(N3CCCC3)cnn2)cc1)c1cc(=O)c2ccccc2o1. The van der Waals surface area contributed by atoms with Crippen molar-refractivity contribution < 1.29 is 9.21 Å². The molecule has 0 bridgehead atoms. The second-order valence-electron chi connectivity index (χ2n) is 7.62. The zero-order valence-electron chi connectivity index (χ0n) is 17.2. The number of aromatic nitrogens is 2. The van der Waals surface area contributed by atoms with Crippen molar-refractivity contribution in [3.8, 4) is 0 Å². The maximum absolute atomic E-state index is 12.6. The van der Waals surface area contributed by atoms with Crippen LogP contribution >= 0.6 is 0 Å². The van der Waals surface area contributed by atoms with Crippen LogP contribution in [0, 0.1) is 0 Å². The van der Waals surface area contributed by atoms with Crippen LogP contribution < -0.4 is 21.0 Å². The van der Waals surface area contributed by atoms with Crippen molar-refractivity contribution in [1.29, 1.82) is 0 Å². The van der Waals surface area contributed by atoms with Crippen molar-refractivity contribution in [3.05, 3.63) is 82.8 Å². The third kappa shape index (κ3) is 4.15. The number of nitrogens with one attached hydrogen (secondary N) is 2. The van der Waals surface area contributed by atoms with Crippen molar-refractivity contribution in [2.24, 2.45) is 0 Å². The topological polar surface area (TPSA) is 100 Å². The highest BCUT2D eigenvalue weighted by molar-refractivity contribution is 6.03. The molecule has 1 aliphatic rings. The van der Waals surface area contributed by atoms with Crippen LogP contribution in [0.3, 0.4) is 0 Å². The molecule has 2 aromatic carbocycles. The van der Waals surface area contributed by atoms with Crippen molar-refractivity contribution in [1.82, 2.24) is 10.2 Å². The summed E-state index contributed by atoms with van der Waals surface area (Å²) in [5.41, 5.74) is 2.57. The molecule has 3 heterocycles. The minimum absolute atomic E-state index is 0.0371. The molecule has 0 unspecified atom stereocenters. The lowest BCUT2D eigenvalue weighted by atomic mass is 10.2. The van der Waals surface area contributed by atoms with E-state index in [4.69, 9.17) is 4.42 Å². The van der Waals surface area contributed by atoms with Gasteiger partial charge in [0.15, 0.2) is 17.0 Å². The summed E-state index contributed by atoms with van der Waals surface area (Å²) in [5.74, 6) is 0.131. The van der Waals surface area contributed by atoms with Gasteiger partial charge in [-0.05, 0) is 49.2 Å². The Bertz CT molecular complexity index is 1330. The van der Waals surface area contributed by atoms with Gasteiger partial charge in [0.1, 0.15) is 5.58 Å². The predicted molar refractivity (Wildman–Crippen MR) is 124 cm³/mol. The molecule has 0 atom stereocenters. The highest BCUT2D eigenvalue weighted by Gasteiger charge is 2.14. The predicted octanol–water partition coefficient (Wildman–Crippen LogP) is 4.18. The number of amides is 1. The van der Waals surface area contributed by atoms with Gasteiger partial charge in [-0.15, -0.1) is 5.10 Å². The summed E-state index contributed by atoms with van der Waals surface area (Å²) in [6.45, 7) is 2.08. The van der Waals surface area contributed by atoms with E-state index in [1.165, 1.54) is 18.9 Å². The van der Waals surface area contributed by atoms with Crippen LogP contribution in [0.2, 0.25) is 0 Å². The molecule has 5 rings (SSSR count). The third-order valence-electron chi connectivity index (χ3n) is 5.38. The Labute approximate surface area is 183 Å². The Morgan fingerprint density at radius 1 is 0.969 bits per heavy atom. The van der Waals surface area contributed by atoms with Crippen LogP contribution in [0.1, 0.15) is 23.4 Å². The zero-order valence-corrected chi connectivity index (χ0v) is 17.2. The van der Waals surface area contributed by atoms with Crippen LogP contribution in [0.4, 0.5) is 22.9 Å². The van der Waals surface area contributed by atoms with Gasteiger partial charge in [-0.3, -0.25) is 9.59 Å². The van der Waals surface area contributed by atoms with Crippen LogP contribution in [-0.2, 0) is 0 Å². The van der Waals surface area contributed by atoms with Gasteiger partial charge in [0, 0.05) is 36.6 Å². The van der Waals surface area contributed by atoms with Crippen LogP contribution in [0.15, 0.2) is 76.1 Å². The number of carbonyl (C=O) groups excluding carboxylic acids is 1. The Morgan fingerprint density at radius 2 is 1.72 bits per heavy atom. The number of benzene rings is 2. The van der Waals surface area contributed by atoms with E-state index in [-0.39, 0.29) is 11.2 Å². The van der Waals surface area contributed by atoms with Crippen LogP contribution in [0.5, 0.6) is 0 Å². The van der Waals surface area contributed by atoms with E-state index in [1.54, 1.807) is 42.6 Å². The minimum atomic E-state index is -0.488. The van der Waals surface area contributed by atoms with Gasteiger partial charge >= 0.3 is 0 Å². The fraction of sp³-hybridized carbons (Fsp3) is 0.167. The monoisotopic (exact) mass is 427 g/mol. The first kappa shape index (κ1) is 19.7. The summed E-state index contributed by atoms with van der Waals surface area (Å²) in [6.07, 6.45) is 4.17. The quantitative estimate of drug-likeness (QED) is 0.493. The van der Waals surface area contributed by atoms with Gasteiger partial charge in [0.25, 0.3) is 5.91 Å². The summed E-state index contributed by atoms with van der Waals surface area (Å²) in [7, 11) is 0. The fourth-order valence-corrected chi connectivity index (χ4v) is 3.76. The molecule has 4 aromatic rings. The number of nitrogens with zero attached hydrogens (tertiary/aromatic N) is 3. The number of para-hydroxylation sites is 1. The van der Waals surface area contributed by atoms with Crippen molar-refractivity contribution in [3.63, 3.8) is 0 Å². The van der Waals surface area contributed by atoms with Crippen molar-refractivity contribution in [2.45, 2.75) is 12.8 Å². The number of anilines is 4. The lowest BCUT2D eigenvalue weighted by Crippen LogP contribution is -2.18. The molecule has 8 nitrogen and oxygen atoms in total. The number of hydrogen-bond acceptors (Lipinski definition) is 7. The number of carbonyl (C=O) groups is 1. The van der Waals surface area contributed by atoms with E-state index in [0.29, 0.717) is 22.5 Å². The van der Waals surface area contributed by atoms with Gasteiger partial charge in [-0.1, -0.05) is 12.1 Å². The molecule has 1 aliphatic heterocycles. The van der Waals surface area contributed by atoms with E-state index in [2.05, 4.69) is 25.7 Å². The molecule has 0 saturated carbocycles. The number of fused-ring (bicyclic) bond motifs is 1. The lowest BCUT2D eigenvalue weighted by Gasteiger charge is -2.17. The largest absolute Gasteiger partial charge is 0.451 e. The first-order valence-electron chi connectivity index (χ1n) is 10.4. The van der Waals surface area contributed by atoms with Crippen molar-refractivity contribution >= 4 is 39.8 Å². The zero-order chi connectivity index (χ0) is 21.9. The van der Waals surface area contributed by atoms with E-state index in [0.717, 1.165) is 24.5 Å². The van der Waals surface area contributed by atoms with Gasteiger partial charge in [-0.25, -0.2) is 0 Å². The highest BCUT2D eigenvalue weighted by atomic mass is 16.3. The smallest absolute Gasteiger partial charge is 0.291 e. The van der Waals surface area contributed by atoms with Gasteiger partial charge < -0.3 is 20.0 Å². The number of rotatable bonds is 5.